The van der Waals surface area contributed by atoms with Crippen molar-refractivity contribution in [2.24, 2.45) is 5.92 Å². The molecule has 1 fully saturated rings. The zero-order valence-corrected chi connectivity index (χ0v) is 19.9. The average Bonchev–Trinajstić information content (AvgIpc) is 2.78. The summed E-state index contributed by atoms with van der Waals surface area (Å²) < 4.78 is 5.77. The van der Waals surface area contributed by atoms with E-state index >= 15 is 0 Å². The lowest BCUT2D eigenvalue weighted by atomic mass is 10.0. The molecule has 1 atom stereocenters. The van der Waals surface area contributed by atoms with Gasteiger partial charge in [0, 0.05) is 32.7 Å². The second kappa shape index (κ2) is 11.5. The van der Waals surface area contributed by atoms with Gasteiger partial charge < -0.3 is 15.0 Å². The Labute approximate surface area is 199 Å². The van der Waals surface area contributed by atoms with Gasteiger partial charge in [-0.15, -0.1) is 0 Å². The summed E-state index contributed by atoms with van der Waals surface area (Å²) in [6.07, 6.45) is 0. The number of benzene rings is 2. The number of rotatable bonds is 8. The van der Waals surface area contributed by atoms with Gasteiger partial charge in [-0.25, -0.2) is 0 Å². The van der Waals surface area contributed by atoms with E-state index in [1.165, 1.54) is 0 Å². The van der Waals surface area contributed by atoms with Crippen molar-refractivity contribution in [3.8, 4) is 5.75 Å². The van der Waals surface area contributed by atoms with Crippen LogP contribution in [0.25, 0.3) is 0 Å². The predicted octanol–water partition coefficient (Wildman–Crippen LogP) is 3.97. The number of carbonyl (C=O) groups excluding carboxylic acids is 2. The van der Waals surface area contributed by atoms with Crippen LogP contribution in [0.1, 0.15) is 24.2 Å². The first kappa shape index (κ1) is 24.4. The van der Waals surface area contributed by atoms with E-state index in [4.69, 9.17) is 27.9 Å². The highest BCUT2D eigenvalue weighted by Gasteiger charge is 2.31. The Morgan fingerprint density at radius 3 is 2.22 bits per heavy atom. The van der Waals surface area contributed by atoms with Crippen LogP contribution in [0.2, 0.25) is 10.0 Å². The van der Waals surface area contributed by atoms with Crippen molar-refractivity contribution < 1.29 is 14.3 Å². The number of carbonyl (C=O) groups is 2. The second-order valence-electron chi connectivity index (χ2n) is 8.12. The maximum Gasteiger partial charge on any atom is 0.253 e. The lowest BCUT2D eigenvalue weighted by Crippen LogP contribution is -2.56. The molecule has 8 heteroatoms. The van der Waals surface area contributed by atoms with E-state index in [9.17, 15) is 9.59 Å². The van der Waals surface area contributed by atoms with Crippen LogP contribution in [0.3, 0.4) is 0 Å². The van der Waals surface area contributed by atoms with Crippen molar-refractivity contribution in [3.05, 3.63) is 64.1 Å². The molecule has 2 aromatic rings. The number of hydrogen-bond donors (Lipinski definition) is 1. The van der Waals surface area contributed by atoms with Crippen molar-refractivity contribution in [2.45, 2.75) is 19.9 Å². The molecular weight excluding hydrogens is 449 g/mol. The third kappa shape index (κ3) is 6.37. The number of halogens is 2. The Kier molecular flexibility index (Phi) is 8.79. The SMILES string of the molecule is CC(C)[C@H](NC(=O)c1ccccc1Cl)C(=O)N1CCN(CCOc2ccccc2Cl)CC1. The fourth-order valence-corrected chi connectivity index (χ4v) is 4.02. The lowest BCUT2D eigenvalue weighted by molar-refractivity contribution is -0.136. The highest BCUT2D eigenvalue weighted by molar-refractivity contribution is 6.33. The molecular formula is C24H29Cl2N3O3. The largest absolute Gasteiger partial charge is 0.491 e. The number of hydrogen-bond acceptors (Lipinski definition) is 4. The highest BCUT2D eigenvalue weighted by atomic mass is 35.5. The summed E-state index contributed by atoms with van der Waals surface area (Å²) in [5, 5.41) is 3.85. The topological polar surface area (TPSA) is 61.9 Å². The molecule has 1 N–H and O–H groups in total. The van der Waals surface area contributed by atoms with Crippen molar-refractivity contribution >= 4 is 35.0 Å². The number of amides is 2. The molecule has 3 rings (SSSR count). The van der Waals surface area contributed by atoms with Crippen LogP contribution in [0, 0.1) is 5.92 Å². The van der Waals surface area contributed by atoms with E-state index in [1.807, 2.05) is 36.9 Å². The maximum atomic E-state index is 13.2. The van der Waals surface area contributed by atoms with Crippen LogP contribution in [0.5, 0.6) is 5.75 Å². The van der Waals surface area contributed by atoms with Gasteiger partial charge in [0.05, 0.1) is 15.6 Å². The third-order valence-corrected chi connectivity index (χ3v) is 6.17. The number of piperazine rings is 1. The normalized spacial score (nSPS) is 15.5. The molecule has 0 spiro atoms. The van der Waals surface area contributed by atoms with Crippen molar-refractivity contribution in [1.82, 2.24) is 15.1 Å². The van der Waals surface area contributed by atoms with Gasteiger partial charge in [0.2, 0.25) is 5.91 Å². The predicted molar refractivity (Wildman–Crippen MR) is 128 cm³/mol. The fourth-order valence-electron chi connectivity index (χ4n) is 3.61. The van der Waals surface area contributed by atoms with Gasteiger partial charge in [-0.2, -0.15) is 0 Å². The minimum atomic E-state index is -0.603. The molecule has 32 heavy (non-hydrogen) atoms. The first-order chi connectivity index (χ1) is 15.4. The van der Waals surface area contributed by atoms with Gasteiger partial charge in [-0.1, -0.05) is 61.3 Å². The number of para-hydroxylation sites is 1. The minimum Gasteiger partial charge on any atom is -0.491 e. The van der Waals surface area contributed by atoms with E-state index < -0.39 is 6.04 Å². The van der Waals surface area contributed by atoms with E-state index in [-0.39, 0.29) is 17.7 Å². The monoisotopic (exact) mass is 477 g/mol. The average molecular weight is 478 g/mol. The van der Waals surface area contributed by atoms with E-state index in [2.05, 4.69) is 10.2 Å². The first-order valence-corrected chi connectivity index (χ1v) is 11.6. The molecule has 0 unspecified atom stereocenters. The van der Waals surface area contributed by atoms with E-state index in [1.54, 1.807) is 30.3 Å². The van der Waals surface area contributed by atoms with Gasteiger partial charge >= 0.3 is 0 Å². The van der Waals surface area contributed by atoms with Gasteiger partial charge in [0.15, 0.2) is 0 Å². The summed E-state index contributed by atoms with van der Waals surface area (Å²) in [7, 11) is 0. The van der Waals surface area contributed by atoms with Crippen LogP contribution in [0.15, 0.2) is 48.5 Å². The van der Waals surface area contributed by atoms with E-state index in [0.717, 1.165) is 19.6 Å². The first-order valence-electron chi connectivity index (χ1n) is 10.8. The highest BCUT2D eigenvalue weighted by Crippen LogP contribution is 2.23. The zero-order chi connectivity index (χ0) is 23.1. The van der Waals surface area contributed by atoms with Crippen LogP contribution in [-0.4, -0.2) is 67.0 Å². The van der Waals surface area contributed by atoms with Crippen molar-refractivity contribution in [3.63, 3.8) is 0 Å². The molecule has 1 saturated heterocycles. The Hall–Kier alpha value is -2.28. The smallest absolute Gasteiger partial charge is 0.253 e. The molecule has 2 amide bonds. The lowest BCUT2D eigenvalue weighted by Gasteiger charge is -2.37. The molecule has 0 bridgehead atoms. The third-order valence-electron chi connectivity index (χ3n) is 5.52. The van der Waals surface area contributed by atoms with Crippen molar-refractivity contribution in [2.75, 3.05) is 39.3 Å². The number of ether oxygens (including phenoxy) is 1. The molecule has 1 aliphatic rings. The molecule has 2 aromatic carbocycles. The van der Waals surface area contributed by atoms with Gasteiger partial charge in [0.25, 0.3) is 5.91 Å². The Morgan fingerprint density at radius 2 is 1.59 bits per heavy atom. The van der Waals surface area contributed by atoms with Crippen LogP contribution < -0.4 is 10.1 Å². The quantitative estimate of drug-likeness (QED) is 0.624. The molecule has 6 nitrogen and oxygen atoms in total. The standard InChI is InChI=1S/C24H29Cl2N3O3/c1-17(2)22(27-23(30)18-7-3-4-8-19(18)25)24(31)29-13-11-28(12-14-29)15-16-32-21-10-6-5-9-20(21)26/h3-10,17,22H,11-16H2,1-2H3,(H,27,30)/t22-/m0/s1. The summed E-state index contributed by atoms with van der Waals surface area (Å²) in [6.45, 7) is 7.85. The Morgan fingerprint density at radius 1 is 0.969 bits per heavy atom. The van der Waals surface area contributed by atoms with Crippen molar-refractivity contribution in [1.29, 1.82) is 0 Å². The summed E-state index contributed by atoms with van der Waals surface area (Å²) in [4.78, 5) is 29.9. The van der Waals surface area contributed by atoms with Gasteiger partial charge in [0.1, 0.15) is 18.4 Å². The minimum absolute atomic E-state index is 0.0454. The van der Waals surface area contributed by atoms with Crippen LogP contribution in [-0.2, 0) is 4.79 Å². The molecule has 0 aliphatic carbocycles. The summed E-state index contributed by atoms with van der Waals surface area (Å²) in [5.41, 5.74) is 0.371. The van der Waals surface area contributed by atoms with E-state index in [0.29, 0.717) is 41.1 Å². The molecule has 0 saturated carbocycles. The zero-order valence-electron chi connectivity index (χ0n) is 18.4. The van der Waals surface area contributed by atoms with Gasteiger partial charge in [-0.3, -0.25) is 14.5 Å². The molecule has 1 heterocycles. The molecule has 0 radical (unpaired) electrons. The summed E-state index contributed by atoms with van der Waals surface area (Å²) in [6, 6.07) is 13.6. The van der Waals surface area contributed by atoms with Crippen LogP contribution in [0.4, 0.5) is 0 Å². The Balaban J connectivity index is 1.49. The number of nitrogens with one attached hydrogen (secondary N) is 1. The maximum absolute atomic E-state index is 13.2. The Bertz CT molecular complexity index is 930. The molecule has 1 aliphatic heterocycles. The van der Waals surface area contributed by atoms with Crippen LogP contribution >= 0.6 is 23.2 Å². The number of nitrogens with zero attached hydrogens (tertiary/aromatic N) is 2. The second-order valence-corrected chi connectivity index (χ2v) is 8.94. The summed E-state index contributed by atoms with van der Waals surface area (Å²) in [5.74, 6) is 0.235. The molecule has 0 aromatic heterocycles. The fraction of sp³-hybridized carbons (Fsp3) is 0.417. The van der Waals surface area contributed by atoms with Gasteiger partial charge in [-0.05, 0) is 30.2 Å². The summed E-state index contributed by atoms with van der Waals surface area (Å²) >= 11 is 12.3. The molecule has 172 valence electrons.